The third-order valence-electron chi connectivity index (χ3n) is 5.40. The Balaban J connectivity index is 1.75. The van der Waals surface area contributed by atoms with Crippen molar-refractivity contribution in [2.24, 2.45) is 7.05 Å². The van der Waals surface area contributed by atoms with E-state index in [0.717, 1.165) is 27.3 Å². The molecule has 0 spiro atoms. The Morgan fingerprint density at radius 1 is 1.13 bits per heavy atom. The minimum Gasteiger partial charge on any atom is -0.281 e. The Morgan fingerprint density at radius 3 is 2.48 bits per heavy atom. The Labute approximate surface area is 186 Å². The monoisotopic (exact) mass is 436 g/mol. The van der Waals surface area contributed by atoms with Crippen molar-refractivity contribution in [1.82, 2.24) is 24.5 Å². The van der Waals surface area contributed by atoms with Crippen molar-refractivity contribution in [2.75, 3.05) is 11.4 Å². The lowest BCUT2D eigenvalue weighted by atomic mass is 10.0. The summed E-state index contributed by atoms with van der Waals surface area (Å²) in [5.74, 6) is 0.256. The van der Waals surface area contributed by atoms with Crippen LogP contribution in [-0.2, 0) is 13.6 Å². The van der Waals surface area contributed by atoms with Crippen molar-refractivity contribution in [2.45, 2.75) is 47.1 Å². The smallest absolute Gasteiger partial charge is 0.278 e. The minimum atomic E-state index is -0.102. The topological polar surface area (TPSA) is 68.8 Å². The van der Waals surface area contributed by atoms with Crippen LogP contribution in [0.1, 0.15) is 52.9 Å². The van der Waals surface area contributed by atoms with Crippen LogP contribution < -0.4 is 4.90 Å². The van der Waals surface area contributed by atoms with Gasteiger partial charge in [0.2, 0.25) is 0 Å². The zero-order chi connectivity index (χ0) is 22.3. The molecule has 1 aromatic carbocycles. The van der Waals surface area contributed by atoms with Gasteiger partial charge in [-0.15, -0.1) is 0 Å². The number of benzene rings is 1. The predicted octanol–water partition coefficient (Wildman–Crippen LogP) is 4.62. The van der Waals surface area contributed by atoms with E-state index in [0.29, 0.717) is 29.8 Å². The first-order valence-corrected chi connectivity index (χ1v) is 11.3. The summed E-state index contributed by atoms with van der Waals surface area (Å²) in [5.41, 5.74) is 5.58. The van der Waals surface area contributed by atoms with Crippen LogP contribution in [0.5, 0.6) is 0 Å². The third-order valence-corrected chi connectivity index (χ3v) is 6.44. The number of carbonyl (C=O) groups excluding carboxylic acids is 1. The lowest BCUT2D eigenvalue weighted by molar-refractivity contribution is 0.0976. The van der Waals surface area contributed by atoms with Crippen LogP contribution in [0.15, 0.2) is 30.3 Å². The summed E-state index contributed by atoms with van der Waals surface area (Å²) < 4.78 is 4.67. The number of para-hydroxylation sites is 1. The molecule has 0 aliphatic carbocycles. The molecule has 0 aliphatic rings. The highest BCUT2D eigenvalue weighted by Gasteiger charge is 2.25. The van der Waals surface area contributed by atoms with Gasteiger partial charge in [0.25, 0.3) is 5.91 Å². The van der Waals surface area contributed by atoms with Crippen LogP contribution in [0.3, 0.4) is 0 Å². The van der Waals surface area contributed by atoms with E-state index in [4.69, 9.17) is 4.98 Å². The molecule has 0 saturated heterocycles. The Bertz CT molecular complexity index is 1250. The molecule has 0 atom stereocenters. The number of hydrogen-bond acceptors (Lipinski definition) is 5. The van der Waals surface area contributed by atoms with Gasteiger partial charge in [0.05, 0.1) is 28.1 Å². The molecule has 3 heterocycles. The highest BCUT2D eigenvalue weighted by molar-refractivity contribution is 7.22. The van der Waals surface area contributed by atoms with Crippen LogP contribution in [0.4, 0.5) is 5.13 Å². The standard InChI is InChI=1S/C23H28N6OS/c1-14(2)18-8-7-9-20-21(18)24-23(31-20)28(10-11-29-17(5)12-15(3)26-29)22(30)19-13-16(4)25-27(19)6/h7-9,12-14H,10-11H2,1-6H3. The quantitative estimate of drug-likeness (QED) is 0.442. The average Bonchev–Trinajstić information content (AvgIpc) is 3.37. The molecule has 0 radical (unpaired) electrons. The number of nitrogens with zero attached hydrogens (tertiary/aromatic N) is 6. The minimum absolute atomic E-state index is 0.102. The van der Waals surface area contributed by atoms with Crippen molar-refractivity contribution >= 4 is 32.6 Å². The third kappa shape index (κ3) is 4.12. The summed E-state index contributed by atoms with van der Waals surface area (Å²) in [7, 11) is 1.80. The van der Waals surface area contributed by atoms with Gasteiger partial charge in [-0.3, -0.25) is 19.1 Å². The maximum absolute atomic E-state index is 13.6. The first kappa shape index (κ1) is 21.2. The maximum atomic E-state index is 13.6. The van der Waals surface area contributed by atoms with Crippen LogP contribution >= 0.6 is 11.3 Å². The van der Waals surface area contributed by atoms with Crippen molar-refractivity contribution in [1.29, 1.82) is 0 Å². The molecule has 8 heteroatoms. The molecule has 0 aliphatic heterocycles. The molecule has 0 N–H and O–H groups in total. The van der Waals surface area contributed by atoms with E-state index >= 15 is 0 Å². The van der Waals surface area contributed by atoms with Gasteiger partial charge in [-0.05, 0) is 50.5 Å². The van der Waals surface area contributed by atoms with E-state index in [-0.39, 0.29) is 5.91 Å². The zero-order valence-corrected chi connectivity index (χ0v) is 19.7. The fourth-order valence-corrected chi connectivity index (χ4v) is 4.89. The number of aromatic nitrogens is 5. The molecular weight excluding hydrogens is 408 g/mol. The van der Waals surface area contributed by atoms with E-state index in [1.807, 2.05) is 37.6 Å². The molecule has 4 aromatic rings. The van der Waals surface area contributed by atoms with Crippen molar-refractivity contribution in [3.05, 3.63) is 58.7 Å². The van der Waals surface area contributed by atoms with Crippen molar-refractivity contribution in [3.63, 3.8) is 0 Å². The molecule has 0 unspecified atom stereocenters. The summed E-state index contributed by atoms with van der Waals surface area (Å²) >= 11 is 1.55. The van der Waals surface area contributed by atoms with Gasteiger partial charge in [-0.2, -0.15) is 10.2 Å². The second-order valence-electron chi connectivity index (χ2n) is 8.25. The maximum Gasteiger partial charge on any atom is 0.278 e. The lowest BCUT2D eigenvalue weighted by Crippen LogP contribution is -2.35. The lowest BCUT2D eigenvalue weighted by Gasteiger charge is -2.20. The van der Waals surface area contributed by atoms with E-state index in [1.165, 1.54) is 5.56 Å². The van der Waals surface area contributed by atoms with Gasteiger partial charge in [0.1, 0.15) is 5.69 Å². The number of carbonyl (C=O) groups is 1. The number of thiazole rings is 1. The number of anilines is 1. The Hall–Kier alpha value is -3.00. The zero-order valence-electron chi connectivity index (χ0n) is 18.9. The van der Waals surface area contributed by atoms with E-state index in [2.05, 4.69) is 42.2 Å². The van der Waals surface area contributed by atoms with Crippen molar-refractivity contribution in [3.8, 4) is 0 Å². The van der Waals surface area contributed by atoms with E-state index in [1.54, 1.807) is 28.0 Å². The van der Waals surface area contributed by atoms with Crippen LogP contribution in [0.25, 0.3) is 10.2 Å². The second-order valence-corrected chi connectivity index (χ2v) is 9.26. The molecule has 1 amide bonds. The van der Waals surface area contributed by atoms with Gasteiger partial charge in [-0.1, -0.05) is 37.3 Å². The summed E-state index contributed by atoms with van der Waals surface area (Å²) in [6.07, 6.45) is 0. The highest BCUT2D eigenvalue weighted by atomic mass is 32.1. The normalized spacial score (nSPS) is 11.6. The predicted molar refractivity (Wildman–Crippen MR) is 125 cm³/mol. The largest absolute Gasteiger partial charge is 0.281 e. The molecule has 162 valence electrons. The SMILES string of the molecule is Cc1cc(C(=O)N(CCn2nc(C)cc2C)c2nc3c(C(C)C)cccc3s2)n(C)n1. The molecule has 0 bridgehead atoms. The number of hydrogen-bond donors (Lipinski definition) is 0. The average molecular weight is 437 g/mol. The van der Waals surface area contributed by atoms with Crippen LogP contribution in [-0.4, -0.2) is 37.0 Å². The molecule has 31 heavy (non-hydrogen) atoms. The van der Waals surface area contributed by atoms with Gasteiger partial charge in [0.15, 0.2) is 5.13 Å². The van der Waals surface area contributed by atoms with Gasteiger partial charge in [0, 0.05) is 19.3 Å². The fraction of sp³-hybridized carbons (Fsp3) is 0.391. The molecular formula is C23H28N6OS. The molecule has 0 fully saturated rings. The van der Waals surface area contributed by atoms with Crippen molar-refractivity contribution < 1.29 is 4.79 Å². The van der Waals surface area contributed by atoms with Gasteiger partial charge < -0.3 is 0 Å². The summed E-state index contributed by atoms with van der Waals surface area (Å²) in [4.78, 5) is 20.3. The van der Waals surface area contributed by atoms with Gasteiger partial charge >= 0.3 is 0 Å². The number of fused-ring (bicyclic) bond motifs is 1. The summed E-state index contributed by atoms with van der Waals surface area (Å²) in [6, 6.07) is 10.1. The molecule has 7 nitrogen and oxygen atoms in total. The van der Waals surface area contributed by atoms with Crippen LogP contribution in [0, 0.1) is 20.8 Å². The highest BCUT2D eigenvalue weighted by Crippen LogP contribution is 2.34. The first-order chi connectivity index (χ1) is 14.7. The Morgan fingerprint density at radius 2 is 1.87 bits per heavy atom. The van der Waals surface area contributed by atoms with E-state index in [9.17, 15) is 4.79 Å². The second kappa shape index (κ2) is 8.26. The van der Waals surface area contributed by atoms with Crippen LogP contribution in [0.2, 0.25) is 0 Å². The Kier molecular flexibility index (Phi) is 5.66. The first-order valence-electron chi connectivity index (χ1n) is 10.5. The number of aryl methyl sites for hydroxylation is 4. The fourth-order valence-electron chi connectivity index (χ4n) is 3.87. The number of rotatable bonds is 6. The molecule has 0 saturated carbocycles. The molecule has 4 rings (SSSR count). The van der Waals surface area contributed by atoms with E-state index < -0.39 is 0 Å². The molecule has 3 aromatic heterocycles. The summed E-state index contributed by atoms with van der Waals surface area (Å²) in [5, 5.41) is 9.61. The summed E-state index contributed by atoms with van der Waals surface area (Å²) in [6.45, 7) is 11.3. The van der Waals surface area contributed by atoms with Gasteiger partial charge in [-0.25, -0.2) is 4.98 Å². The number of amides is 1.